The molecule has 1 aliphatic heterocycles. The molecule has 0 radical (unpaired) electrons. The van der Waals surface area contributed by atoms with Crippen LogP contribution in [0.15, 0.2) is 18.2 Å². The molecule has 2 rings (SSSR count). The number of carbonyl (C=O) groups excluding carboxylic acids is 1. The highest BCUT2D eigenvalue weighted by Gasteiger charge is 2.26. The first kappa shape index (κ1) is 13.0. The molecule has 0 aliphatic carbocycles. The monoisotopic (exact) mass is 248 g/mol. The molecular formula is C14H20N2O2. The Labute approximate surface area is 108 Å². The second kappa shape index (κ2) is 5.96. The Balaban J connectivity index is 1.95. The lowest BCUT2D eigenvalue weighted by molar-refractivity contribution is -0.147. The molecular weight excluding hydrogens is 228 g/mol. The normalized spacial score (nSPS) is 20.7. The first-order valence-electron chi connectivity index (χ1n) is 6.42. The van der Waals surface area contributed by atoms with Crippen molar-refractivity contribution in [2.45, 2.75) is 26.3 Å². The van der Waals surface area contributed by atoms with E-state index in [4.69, 9.17) is 4.74 Å². The van der Waals surface area contributed by atoms with Gasteiger partial charge in [0.1, 0.15) is 0 Å². The van der Waals surface area contributed by atoms with E-state index in [1.54, 1.807) is 0 Å². The Morgan fingerprint density at radius 3 is 3.11 bits per heavy atom. The lowest BCUT2D eigenvalue weighted by atomic mass is 9.98. The number of aryl methyl sites for hydroxylation is 1. The van der Waals surface area contributed by atoms with Crippen LogP contribution in [-0.4, -0.2) is 36.1 Å². The predicted octanol–water partition coefficient (Wildman–Crippen LogP) is 1.78. The van der Waals surface area contributed by atoms with Crippen LogP contribution in [0.4, 0.5) is 0 Å². The number of methoxy groups -OCH3 is 1. The van der Waals surface area contributed by atoms with Crippen molar-refractivity contribution >= 4 is 5.97 Å². The van der Waals surface area contributed by atoms with Gasteiger partial charge in [-0.15, -0.1) is 0 Å². The number of hydrogen-bond donors (Lipinski definition) is 0. The summed E-state index contributed by atoms with van der Waals surface area (Å²) in [5.74, 6) is -0.0644. The van der Waals surface area contributed by atoms with Gasteiger partial charge in [0.2, 0.25) is 0 Å². The number of likely N-dealkylation sites (tertiary alicyclic amines) is 1. The summed E-state index contributed by atoms with van der Waals surface area (Å²) in [5, 5.41) is 0. The van der Waals surface area contributed by atoms with Gasteiger partial charge in [-0.25, -0.2) is 0 Å². The zero-order valence-corrected chi connectivity index (χ0v) is 11.1. The molecule has 1 atom stereocenters. The number of esters is 1. The van der Waals surface area contributed by atoms with Gasteiger partial charge in [0.15, 0.2) is 0 Å². The number of pyridine rings is 1. The summed E-state index contributed by atoms with van der Waals surface area (Å²) in [6.07, 6.45) is 1.98. The minimum atomic E-state index is -0.0862. The summed E-state index contributed by atoms with van der Waals surface area (Å²) in [4.78, 5) is 18.3. The molecule has 0 unspecified atom stereocenters. The maximum Gasteiger partial charge on any atom is 0.309 e. The van der Waals surface area contributed by atoms with Crippen molar-refractivity contribution in [3.8, 4) is 0 Å². The molecule has 0 N–H and O–H groups in total. The molecule has 1 aromatic rings. The fourth-order valence-corrected chi connectivity index (χ4v) is 2.47. The summed E-state index contributed by atoms with van der Waals surface area (Å²) < 4.78 is 4.83. The van der Waals surface area contributed by atoms with E-state index in [9.17, 15) is 4.79 Å². The average Bonchev–Trinajstić information content (AvgIpc) is 2.38. The number of rotatable bonds is 3. The molecule has 98 valence electrons. The van der Waals surface area contributed by atoms with Crippen molar-refractivity contribution in [1.29, 1.82) is 0 Å². The smallest absolute Gasteiger partial charge is 0.309 e. The summed E-state index contributed by atoms with van der Waals surface area (Å²) in [5.41, 5.74) is 2.11. The molecule has 2 heterocycles. The molecule has 0 amide bonds. The molecule has 0 aromatic carbocycles. The van der Waals surface area contributed by atoms with E-state index in [0.717, 1.165) is 43.9 Å². The van der Waals surface area contributed by atoms with E-state index in [2.05, 4.69) is 9.88 Å². The van der Waals surface area contributed by atoms with Crippen LogP contribution >= 0.6 is 0 Å². The lowest BCUT2D eigenvalue weighted by Gasteiger charge is -2.30. The Morgan fingerprint density at radius 2 is 2.39 bits per heavy atom. The highest BCUT2D eigenvalue weighted by molar-refractivity contribution is 5.72. The predicted molar refractivity (Wildman–Crippen MR) is 69.0 cm³/mol. The molecule has 4 heteroatoms. The van der Waals surface area contributed by atoms with Crippen LogP contribution in [0.2, 0.25) is 0 Å². The molecule has 0 bridgehead atoms. The molecule has 1 aromatic heterocycles. The van der Waals surface area contributed by atoms with Crippen molar-refractivity contribution in [3.63, 3.8) is 0 Å². The largest absolute Gasteiger partial charge is 0.469 e. The van der Waals surface area contributed by atoms with Gasteiger partial charge in [-0.3, -0.25) is 14.7 Å². The highest BCUT2D eigenvalue weighted by Crippen LogP contribution is 2.19. The minimum Gasteiger partial charge on any atom is -0.469 e. The maximum atomic E-state index is 11.6. The van der Waals surface area contributed by atoms with Crippen LogP contribution in [0, 0.1) is 12.8 Å². The zero-order chi connectivity index (χ0) is 13.0. The van der Waals surface area contributed by atoms with Gasteiger partial charge < -0.3 is 4.74 Å². The summed E-state index contributed by atoms with van der Waals surface area (Å²) in [7, 11) is 1.46. The Hall–Kier alpha value is -1.42. The number of ether oxygens (including phenoxy) is 1. The third kappa shape index (κ3) is 3.29. The van der Waals surface area contributed by atoms with Crippen molar-refractivity contribution in [2.24, 2.45) is 5.92 Å². The van der Waals surface area contributed by atoms with Crippen LogP contribution < -0.4 is 0 Å². The first-order valence-corrected chi connectivity index (χ1v) is 6.42. The van der Waals surface area contributed by atoms with Crippen molar-refractivity contribution in [2.75, 3.05) is 20.2 Å². The fraction of sp³-hybridized carbons (Fsp3) is 0.571. The van der Waals surface area contributed by atoms with Gasteiger partial charge in [0.05, 0.1) is 18.7 Å². The maximum absolute atomic E-state index is 11.6. The molecule has 0 saturated carbocycles. The van der Waals surface area contributed by atoms with E-state index >= 15 is 0 Å². The Bertz CT molecular complexity index is 420. The van der Waals surface area contributed by atoms with Gasteiger partial charge >= 0.3 is 5.97 Å². The van der Waals surface area contributed by atoms with Gasteiger partial charge in [-0.05, 0) is 38.4 Å². The Morgan fingerprint density at radius 1 is 1.56 bits per heavy atom. The number of nitrogens with zero attached hydrogens (tertiary/aromatic N) is 2. The van der Waals surface area contributed by atoms with Crippen molar-refractivity contribution in [3.05, 3.63) is 29.6 Å². The van der Waals surface area contributed by atoms with Crippen LogP contribution in [0.3, 0.4) is 0 Å². The fourth-order valence-electron chi connectivity index (χ4n) is 2.47. The molecule has 1 aliphatic rings. The van der Waals surface area contributed by atoms with Gasteiger partial charge in [-0.2, -0.15) is 0 Å². The molecule has 1 saturated heterocycles. The lowest BCUT2D eigenvalue weighted by Crippen LogP contribution is -2.38. The van der Waals surface area contributed by atoms with E-state index in [-0.39, 0.29) is 11.9 Å². The van der Waals surface area contributed by atoms with E-state index < -0.39 is 0 Å². The third-order valence-corrected chi connectivity index (χ3v) is 3.37. The second-order valence-electron chi connectivity index (χ2n) is 4.87. The molecule has 0 spiro atoms. The topological polar surface area (TPSA) is 42.4 Å². The summed E-state index contributed by atoms with van der Waals surface area (Å²) in [6.45, 7) is 4.62. The number of piperidine rings is 1. The quantitative estimate of drug-likeness (QED) is 0.765. The van der Waals surface area contributed by atoms with Gasteiger partial charge in [0.25, 0.3) is 0 Å². The summed E-state index contributed by atoms with van der Waals surface area (Å²) in [6, 6.07) is 6.06. The minimum absolute atomic E-state index is 0.0218. The van der Waals surface area contributed by atoms with Crippen molar-refractivity contribution < 1.29 is 9.53 Å². The standard InChI is InChI=1S/C14H20N2O2/c1-11-5-3-7-13(15-11)10-16-8-4-6-12(9-16)14(17)18-2/h3,5,7,12H,4,6,8-10H2,1-2H3/t12-/m0/s1. The second-order valence-corrected chi connectivity index (χ2v) is 4.87. The first-order chi connectivity index (χ1) is 8.69. The zero-order valence-electron chi connectivity index (χ0n) is 11.1. The number of carbonyl (C=O) groups is 1. The van der Waals surface area contributed by atoms with E-state index in [0.29, 0.717) is 0 Å². The highest BCUT2D eigenvalue weighted by atomic mass is 16.5. The SMILES string of the molecule is COC(=O)[C@H]1CCCN(Cc2cccc(C)n2)C1. The van der Waals surface area contributed by atoms with Gasteiger partial charge in [0, 0.05) is 18.8 Å². The van der Waals surface area contributed by atoms with Crippen LogP contribution in [0.5, 0.6) is 0 Å². The average molecular weight is 248 g/mol. The number of hydrogen-bond acceptors (Lipinski definition) is 4. The van der Waals surface area contributed by atoms with Crippen LogP contribution in [-0.2, 0) is 16.1 Å². The third-order valence-electron chi connectivity index (χ3n) is 3.37. The van der Waals surface area contributed by atoms with Crippen LogP contribution in [0.1, 0.15) is 24.2 Å². The van der Waals surface area contributed by atoms with Gasteiger partial charge in [-0.1, -0.05) is 6.07 Å². The van der Waals surface area contributed by atoms with E-state index in [1.165, 1.54) is 7.11 Å². The number of aromatic nitrogens is 1. The molecule has 1 fully saturated rings. The van der Waals surface area contributed by atoms with Crippen LogP contribution in [0.25, 0.3) is 0 Å². The molecule has 18 heavy (non-hydrogen) atoms. The van der Waals surface area contributed by atoms with E-state index in [1.807, 2.05) is 25.1 Å². The Kier molecular flexibility index (Phi) is 4.31. The molecule has 4 nitrogen and oxygen atoms in total. The summed E-state index contributed by atoms with van der Waals surface area (Å²) >= 11 is 0. The van der Waals surface area contributed by atoms with Crippen molar-refractivity contribution in [1.82, 2.24) is 9.88 Å².